The fraction of sp³-hybridized carbons (Fsp3) is 0.800. The molecule has 0 aliphatic carbocycles. The molecular formula is C10H20N2O4. The van der Waals surface area contributed by atoms with Crippen LogP contribution in [0.2, 0.25) is 0 Å². The van der Waals surface area contributed by atoms with Crippen LogP contribution in [0.5, 0.6) is 0 Å². The molecule has 0 aromatic heterocycles. The molecule has 1 saturated heterocycles. The number of hydrogen-bond donors (Lipinski definition) is 4. The quantitative estimate of drug-likeness (QED) is 0.496. The molecule has 1 fully saturated rings. The van der Waals surface area contributed by atoms with Gasteiger partial charge in [-0.15, -0.1) is 0 Å². The molecule has 0 amide bonds. The van der Waals surface area contributed by atoms with E-state index in [1.54, 1.807) is 0 Å². The van der Waals surface area contributed by atoms with Crippen LogP contribution in [-0.2, 0) is 9.59 Å². The maximum absolute atomic E-state index is 9.10. The van der Waals surface area contributed by atoms with E-state index in [4.69, 9.17) is 19.8 Å². The van der Waals surface area contributed by atoms with Crippen LogP contribution in [0.4, 0.5) is 0 Å². The van der Waals surface area contributed by atoms with Gasteiger partial charge in [0.15, 0.2) is 0 Å². The van der Waals surface area contributed by atoms with Crippen molar-refractivity contribution in [2.45, 2.75) is 38.8 Å². The second-order valence-corrected chi connectivity index (χ2v) is 3.64. The summed E-state index contributed by atoms with van der Waals surface area (Å²) in [6.07, 6.45) is 2.48. The van der Waals surface area contributed by atoms with Gasteiger partial charge in [-0.25, -0.2) is 9.59 Å². The largest absolute Gasteiger partial charge is 0.473 e. The van der Waals surface area contributed by atoms with E-state index in [0.717, 1.165) is 13.1 Å². The first kappa shape index (κ1) is 14.9. The van der Waals surface area contributed by atoms with Gasteiger partial charge in [-0.05, 0) is 12.8 Å². The second-order valence-electron chi connectivity index (χ2n) is 3.64. The number of piperazine rings is 1. The monoisotopic (exact) mass is 232 g/mol. The van der Waals surface area contributed by atoms with Gasteiger partial charge < -0.3 is 20.8 Å². The summed E-state index contributed by atoms with van der Waals surface area (Å²) in [6.45, 7) is 6.75. The lowest BCUT2D eigenvalue weighted by Crippen LogP contribution is -2.53. The fourth-order valence-electron chi connectivity index (χ4n) is 1.34. The van der Waals surface area contributed by atoms with Gasteiger partial charge in [-0.3, -0.25) is 0 Å². The molecule has 2 atom stereocenters. The third-order valence-corrected chi connectivity index (χ3v) is 2.47. The smallest absolute Gasteiger partial charge is 0.414 e. The summed E-state index contributed by atoms with van der Waals surface area (Å²) in [5, 5.41) is 21.8. The Hall–Kier alpha value is -1.14. The van der Waals surface area contributed by atoms with Crippen LogP contribution in [0, 0.1) is 0 Å². The molecule has 6 heteroatoms. The van der Waals surface area contributed by atoms with Crippen molar-refractivity contribution >= 4 is 11.9 Å². The number of carbonyl (C=O) groups is 2. The molecule has 1 aliphatic rings. The molecule has 0 saturated carbocycles. The van der Waals surface area contributed by atoms with Crippen molar-refractivity contribution in [2.24, 2.45) is 0 Å². The Labute approximate surface area is 95.0 Å². The minimum Gasteiger partial charge on any atom is -0.473 e. The minimum absolute atomic E-state index is 0.711. The van der Waals surface area contributed by atoms with Crippen LogP contribution in [-0.4, -0.2) is 47.3 Å². The standard InChI is InChI=1S/C8H18N2.C2H2O4/c1-3-7-5-10-8(4-2)6-9-7;3-1(4)2(5)6/h7-10H,3-6H2,1-2H3;(H,3,4)(H,5,6). The van der Waals surface area contributed by atoms with E-state index in [2.05, 4.69) is 24.5 Å². The highest BCUT2D eigenvalue weighted by atomic mass is 16.4. The minimum atomic E-state index is -1.82. The first-order valence-corrected chi connectivity index (χ1v) is 5.44. The van der Waals surface area contributed by atoms with Gasteiger partial charge in [0.05, 0.1) is 0 Å². The zero-order valence-corrected chi connectivity index (χ0v) is 9.69. The molecule has 0 bridgehead atoms. The molecule has 1 rings (SSSR count). The van der Waals surface area contributed by atoms with E-state index in [1.165, 1.54) is 12.8 Å². The number of hydrogen-bond acceptors (Lipinski definition) is 4. The molecule has 0 spiro atoms. The van der Waals surface area contributed by atoms with Crippen molar-refractivity contribution in [3.8, 4) is 0 Å². The predicted molar refractivity (Wildman–Crippen MR) is 59.4 cm³/mol. The highest BCUT2D eigenvalue weighted by molar-refractivity contribution is 6.27. The first-order chi connectivity index (χ1) is 7.51. The molecule has 6 nitrogen and oxygen atoms in total. The summed E-state index contributed by atoms with van der Waals surface area (Å²) in [7, 11) is 0. The average Bonchev–Trinajstić information content (AvgIpc) is 2.30. The van der Waals surface area contributed by atoms with E-state index >= 15 is 0 Å². The average molecular weight is 232 g/mol. The van der Waals surface area contributed by atoms with Crippen LogP contribution in [0.15, 0.2) is 0 Å². The van der Waals surface area contributed by atoms with Gasteiger partial charge in [0.25, 0.3) is 0 Å². The van der Waals surface area contributed by atoms with Crippen LogP contribution < -0.4 is 10.6 Å². The van der Waals surface area contributed by atoms with Crippen LogP contribution in [0.1, 0.15) is 26.7 Å². The molecule has 16 heavy (non-hydrogen) atoms. The van der Waals surface area contributed by atoms with Crippen LogP contribution >= 0.6 is 0 Å². The Morgan fingerprint density at radius 1 is 1.00 bits per heavy atom. The van der Waals surface area contributed by atoms with Gasteiger partial charge >= 0.3 is 11.9 Å². The Kier molecular flexibility index (Phi) is 7.49. The molecule has 2 unspecified atom stereocenters. The molecule has 94 valence electrons. The lowest BCUT2D eigenvalue weighted by atomic mass is 10.1. The Morgan fingerprint density at radius 2 is 1.31 bits per heavy atom. The maximum Gasteiger partial charge on any atom is 0.414 e. The zero-order valence-electron chi connectivity index (χ0n) is 9.69. The zero-order chi connectivity index (χ0) is 12.6. The van der Waals surface area contributed by atoms with Crippen molar-refractivity contribution in [3.63, 3.8) is 0 Å². The van der Waals surface area contributed by atoms with E-state index < -0.39 is 11.9 Å². The molecule has 1 aliphatic heterocycles. The van der Waals surface area contributed by atoms with Crippen molar-refractivity contribution in [3.05, 3.63) is 0 Å². The number of carboxylic acid groups (broad SMARTS) is 2. The Balaban J connectivity index is 0.000000325. The SMILES string of the molecule is CCC1CNC(CC)CN1.O=C(O)C(=O)O. The molecule has 0 aromatic carbocycles. The van der Waals surface area contributed by atoms with Crippen molar-refractivity contribution in [1.82, 2.24) is 10.6 Å². The third-order valence-electron chi connectivity index (χ3n) is 2.47. The first-order valence-electron chi connectivity index (χ1n) is 5.44. The lowest BCUT2D eigenvalue weighted by molar-refractivity contribution is -0.159. The highest BCUT2D eigenvalue weighted by Gasteiger charge is 2.15. The summed E-state index contributed by atoms with van der Waals surface area (Å²) in [5.74, 6) is -3.65. The van der Waals surface area contributed by atoms with Crippen molar-refractivity contribution in [2.75, 3.05) is 13.1 Å². The molecule has 1 heterocycles. The molecule has 0 radical (unpaired) electrons. The van der Waals surface area contributed by atoms with Gasteiger partial charge in [-0.2, -0.15) is 0 Å². The van der Waals surface area contributed by atoms with Crippen molar-refractivity contribution in [1.29, 1.82) is 0 Å². The Morgan fingerprint density at radius 3 is 1.44 bits per heavy atom. The summed E-state index contributed by atoms with van der Waals surface area (Å²) >= 11 is 0. The van der Waals surface area contributed by atoms with E-state index in [0.29, 0.717) is 12.1 Å². The number of nitrogens with one attached hydrogen (secondary N) is 2. The van der Waals surface area contributed by atoms with E-state index in [-0.39, 0.29) is 0 Å². The Bertz CT molecular complexity index is 201. The van der Waals surface area contributed by atoms with Gasteiger partial charge in [0.1, 0.15) is 0 Å². The molecular weight excluding hydrogens is 212 g/mol. The second kappa shape index (κ2) is 8.06. The molecule has 0 aromatic rings. The van der Waals surface area contributed by atoms with Gasteiger partial charge in [0.2, 0.25) is 0 Å². The number of carboxylic acids is 2. The summed E-state index contributed by atoms with van der Waals surface area (Å²) < 4.78 is 0. The van der Waals surface area contributed by atoms with E-state index in [1.807, 2.05) is 0 Å². The summed E-state index contributed by atoms with van der Waals surface area (Å²) in [4.78, 5) is 18.2. The third kappa shape index (κ3) is 6.36. The van der Waals surface area contributed by atoms with E-state index in [9.17, 15) is 0 Å². The highest BCUT2D eigenvalue weighted by Crippen LogP contribution is 1.99. The molecule has 4 N–H and O–H groups in total. The van der Waals surface area contributed by atoms with Gasteiger partial charge in [-0.1, -0.05) is 13.8 Å². The van der Waals surface area contributed by atoms with Crippen molar-refractivity contribution < 1.29 is 19.8 Å². The fourth-order valence-corrected chi connectivity index (χ4v) is 1.34. The summed E-state index contributed by atoms with van der Waals surface area (Å²) in [6, 6.07) is 1.42. The van der Waals surface area contributed by atoms with Crippen LogP contribution in [0.3, 0.4) is 0 Å². The normalized spacial score (nSPS) is 24.1. The maximum atomic E-state index is 9.10. The lowest BCUT2D eigenvalue weighted by Gasteiger charge is -2.29. The number of rotatable bonds is 2. The summed E-state index contributed by atoms with van der Waals surface area (Å²) in [5.41, 5.74) is 0. The number of aliphatic carboxylic acids is 2. The predicted octanol–water partition coefficient (Wildman–Crippen LogP) is -0.108. The van der Waals surface area contributed by atoms with Gasteiger partial charge in [0, 0.05) is 25.2 Å². The van der Waals surface area contributed by atoms with Crippen LogP contribution in [0.25, 0.3) is 0 Å². The topological polar surface area (TPSA) is 98.7 Å².